The lowest BCUT2D eigenvalue weighted by Gasteiger charge is -2.02. The minimum Gasteiger partial charge on any atom is -0.462 e. The predicted molar refractivity (Wildman–Crippen MR) is 126 cm³/mol. The Morgan fingerprint density at radius 3 is 2.50 bits per heavy atom. The number of carbonyl (C=O) groups excluding carboxylic acids is 1. The van der Waals surface area contributed by atoms with Crippen molar-refractivity contribution in [3.05, 3.63) is 89.3 Å². The number of hydrogen-bond acceptors (Lipinski definition) is 7. The number of esters is 1. The molecule has 2 N–H and O–H groups in total. The standard InChI is InChI=1S/C26H19N5O3/c1-2-33-26(32)18-10-8-17(9-11-18)23-13-12-21(34-23)14-19(15-27)24-22(16-28)25(29)31(30-24)20-6-4-3-5-7-20/h3-14H,2,29H2,1H3. The Morgan fingerprint density at radius 1 is 1.12 bits per heavy atom. The van der Waals surface area contributed by atoms with Gasteiger partial charge in [0.1, 0.15) is 40.7 Å². The number of nitrogens with zero attached hydrogens (tertiary/aromatic N) is 4. The highest BCUT2D eigenvalue weighted by molar-refractivity contribution is 5.91. The molecule has 0 aliphatic rings. The zero-order valence-electron chi connectivity index (χ0n) is 18.2. The van der Waals surface area contributed by atoms with E-state index in [0.717, 1.165) is 5.56 Å². The van der Waals surface area contributed by atoms with Gasteiger partial charge in [-0.25, -0.2) is 9.48 Å². The molecule has 8 heteroatoms. The van der Waals surface area contributed by atoms with E-state index >= 15 is 0 Å². The van der Waals surface area contributed by atoms with Crippen LogP contribution in [0.3, 0.4) is 0 Å². The van der Waals surface area contributed by atoms with Crippen LogP contribution in [0.1, 0.15) is 34.3 Å². The maximum Gasteiger partial charge on any atom is 0.338 e. The summed E-state index contributed by atoms with van der Waals surface area (Å²) in [7, 11) is 0. The van der Waals surface area contributed by atoms with Crippen molar-refractivity contribution in [2.24, 2.45) is 0 Å². The largest absolute Gasteiger partial charge is 0.462 e. The van der Waals surface area contributed by atoms with E-state index in [2.05, 4.69) is 11.2 Å². The van der Waals surface area contributed by atoms with Gasteiger partial charge in [0, 0.05) is 11.6 Å². The van der Waals surface area contributed by atoms with E-state index in [1.54, 1.807) is 55.5 Å². The second-order valence-electron chi connectivity index (χ2n) is 7.14. The Kier molecular flexibility index (Phi) is 6.24. The van der Waals surface area contributed by atoms with Crippen LogP contribution in [-0.4, -0.2) is 22.4 Å². The lowest BCUT2D eigenvalue weighted by Crippen LogP contribution is -2.03. The molecule has 0 aliphatic carbocycles. The first kappa shape index (κ1) is 22.1. The molecule has 0 unspecified atom stereocenters. The number of rotatable bonds is 6. The summed E-state index contributed by atoms with van der Waals surface area (Å²) in [4.78, 5) is 11.8. The average Bonchev–Trinajstić information content (AvgIpc) is 3.47. The predicted octanol–water partition coefficient (Wildman–Crippen LogP) is 4.83. The summed E-state index contributed by atoms with van der Waals surface area (Å²) in [6, 6.07) is 23.5. The Morgan fingerprint density at radius 2 is 1.85 bits per heavy atom. The molecule has 0 saturated carbocycles. The van der Waals surface area contributed by atoms with E-state index in [1.807, 2.05) is 24.3 Å². The van der Waals surface area contributed by atoms with Gasteiger partial charge in [-0.15, -0.1) is 0 Å². The number of ether oxygens (including phenoxy) is 1. The van der Waals surface area contributed by atoms with Crippen LogP contribution in [0.15, 0.2) is 71.1 Å². The number of nitrogens with two attached hydrogens (primary N) is 1. The van der Waals surface area contributed by atoms with E-state index in [4.69, 9.17) is 14.9 Å². The van der Waals surface area contributed by atoms with E-state index in [9.17, 15) is 15.3 Å². The zero-order valence-corrected chi connectivity index (χ0v) is 18.2. The van der Waals surface area contributed by atoms with E-state index < -0.39 is 5.97 Å². The van der Waals surface area contributed by atoms with Crippen LogP contribution in [0, 0.1) is 22.7 Å². The molecule has 0 aliphatic heterocycles. The van der Waals surface area contributed by atoms with Crippen molar-refractivity contribution in [1.29, 1.82) is 10.5 Å². The average molecular weight is 449 g/mol. The minimum absolute atomic E-state index is 0.109. The first-order valence-electron chi connectivity index (χ1n) is 10.4. The van der Waals surface area contributed by atoms with E-state index in [-0.39, 0.29) is 22.6 Å². The SMILES string of the molecule is CCOC(=O)c1ccc(-c2ccc(C=C(C#N)c3nn(-c4ccccc4)c(N)c3C#N)o2)cc1. The molecular formula is C26H19N5O3. The van der Waals surface area contributed by atoms with Crippen molar-refractivity contribution in [3.8, 4) is 29.1 Å². The number of hydrogen-bond donors (Lipinski definition) is 1. The second kappa shape index (κ2) is 9.60. The lowest BCUT2D eigenvalue weighted by atomic mass is 10.1. The third kappa shape index (κ3) is 4.29. The van der Waals surface area contributed by atoms with Gasteiger partial charge in [-0.2, -0.15) is 15.6 Å². The Balaban J connectivity index is 1.66. The first-order chi connectivity index (χ1) is 16.5. The van der Waals surface area contributed by atoms with E-state index in [1.165, 1.54) is 10.8 Å². The third-order valence-corrected chi connectivity index (χ3v) is 5.00. The maximum absolute atomic E-state index is 11.8. The third-order valence-electron chi connectivity index (χ3n) is 5.00. The van der Waals surface area contributed by atoms with Gasteiger partial charge in [-0.05, 0) is 43.3 Å². The molecule has 0 atom stereocenters. The van der Waals surface area contributed by atoms with Crippen molar-refractivity contribution < 1.29 is 13.9 Å². The molecule has 0 spiro atoms. The number of anilines is 1. The van der Waals surface area contributed by atoms with Gasteiger partial charge >= 0.3 is 5.97 Å². The molecule has 166 valence electrons. The van der Waals surface area contributed by atoms with Crippen molar-refractivity contribution in [2.45, 2.75) is 6.92 Å². The summed E-state index contributed by atoms with van der Waals surface area (Å²) in [6.45, 7) is 2.05. The van der Waals surface area contributed by atoms with Gasteiger partial charge in [0.2, 0.25) is 0 Å². The number of nitriles is 2. The minimum atomic E-state index is -0.390. The highest BCUT2D eigenvalue weighted by Crippen LogP contribution is 2.29. The van der Waals surface area contributed by atoms with Gasteiger partial charge in [0.15, 0.2) is 0 Å². The summed E-state index contributed by atoms with van der Waals surface area (Å²) in [5.74, 6) is 0.705. The van der Waals surface area contributed by atoms with Crippen LogP contribution in [0.2, 0.25) is 0 Å². The molecule has 0 amide bonds. The molecular weight excluding hydrogens is 430 g/mol. The molecule has 4 rings (SSSR count). The van der Waals surface area contributed by atoms with Crippen LogP contribution in [0.5, 0.6) is 0 Å². The van der Waals surface area contributed by atoms with Crippen molar-refractivity contribution in [2.75, 3.05) is 12.3 Å². The van der Waals surface area contributed by atoms with Gasteiger partial charge in [-0.1, -0.05) is 30.3 Å². The Hall–Kier alpha value is -5.08. The first-order valence-corrected chi connectivity index (χ1v) is 10.4. The zero-order chi connectivity index (χ0) is 24.1. The number of nitrogen functional groups attached to an aromatic ring is 1. The van der Waals surface area contributed by atoms with Gasteiger partial charge in [0.25, 0.3) is 0 Å². The summed E-state index contributed by atoms with van der Waals surface area (Å²) in [6.07, 6.45) is 1.51. The van der Waals surface area contributed by atoms with Crippen LogP contribution >= 0.6 is 0 Å². The molecule has 2 heterocycles. The van der Waals surface area contributed by atoms with Crippen LogP contribution in [-0.2, 0) is 4.74 Å². The number of benzene rings is 2. The number of para-hydroxylation sites is 1. The van der Waals surface area contributed by atoms with Gasteiger partial charge in [-0.3, -0.25) is 0 Å². The highest BCUT2D eigenvalue weighted by Gasteiger charge is 2.20. The molecule has 0 radical (unpaired) electrons. The van der Waals surface area contributed by atoms with Crippen LogP contribution in [0.4, 0.5) is 5.82 Å². The molecule has 2 aromatic heterocycles. The normalized spacial score (nSPS) is 11.0. The number of aromatic nitrogens is 2. The molecule has 0 fully saturated rings. The fraction of sp³-hybridized carbons (Fsp3) is 0.0769. The van der Waals surface area contributed by atoms with Crippen molar-refractivity contribution >= 4 is 23.4 Å². The summed E-state index contributed by atoms with van der Waals surface area (Å²) in [5.41, 5.74) is 8.43. The fourth-order valence-corrected chi connectivity index (χ4v) is 3.36. The summed E-state index contributed by atoms with van der Waals surface area (Å²) >= 11 is 0. The molecule has 2 aromatic carbocycles. The van der Waals surface area contributed by atoms with Crippen molar-refractivity contribution in [1.82, 2.24) is 9.78 Å². The summed E-state index contributed by atoms with van der Waals surface area (Å²) < 4.78 is 12.3. The quantitative estimate of drug-likeness (QED) is 0.329. The second-order valence-corrected chi connectivity index (χ2v) is 7.14. The van der Waals surface area contributed by atoms with E-state index in [0.29, 0.717) is 29.4 Å². The fourth-order valence-electron chi connectivity index (χ4n) is 3.36. The molecule has 8 nitrogen and oxygen atoms in total. The number of furan rings is 1. The topological polar surface area (TPSA) is 131 Å². The van der Waals surface area contributed by atoms with Gasteiger partial charge < -0.3 is 14.9 Å². The Labute approximate surface area is 195 Å². The van der Waals surface area contributed by atoms with Crippen LogP contribution < -0.4 is 5.73 Å². The molecule has 4 aromatic rings. The number of allylic oxidation sites excluding steroid dienone is 1. The molecule has 34 heavy (non-hydrogen) atoms. The number of carbonyl (C=O) groups is 1. The van der Waals surface area contributed by atoms with Crippen LogP contribution in [0.25, 0.3) is 28.7 Å². The summed E-state index contributed by atoms with van der Waals surface area (Å²) in [5, 5.41) is 23.8. The molecule has 0 bridgehead atoms. The smallest absolute Gasteiger partial charge is 0.338 e. The van der Waals surface area contributed by atoms with Gasteiger partial charge in [0.05, 0.1) is 23.4 Å². The lowest BCUT2D eigenvalue weighted by molar-refractivity contribution is 0.0526. The molecule has 0 saturated heterocycles. The highest BCUT2D eigenvalue weighted by atomic mass is 16.5. The Bertz CT molecular complexity index is 1450. The van der Waals surface area contributed by atoms with Crippen molar-refractivity contribution in [3.63, 3.8) is 0 Å². The maximum atomic E-state index is 11.8. The monoisotopic (exact) mass is 449 g/mol.